The van der Waals surface area contributed by atoms with E-state index in [1.54, 1.807) is 0 Å². The molecule has 0 amide bonds. The van der Waals surface area contributed by atoms with Gasteiger partial charge in [-0.05, 0) is 35.0 Å². The third kappa shape index (κ3) is 1.75. The number of benzene rings is 2. The minimum absolute atomic E-state index is 1.13. The van der Waals surface area contributed by atoms with E-state index in [9.17, 15) is 0 Å². The molecule has 0 saturated carbocycles. The van der Waals surface area contributed by atoms with Crippen LogP contribution in [0.3, 0.4) is 0 Å². The first kappa shape index (κ1) is 9.53. The smallest absolute Gasteiger partial charge is 0.0367 e. The van der Waals surface area contributed by atoms with Gasteiger partial charge in [-0.2, -0.15) is 0 Å². The Bertz CT molecular complexity index is 463. The summed E-state index contributed by atoms with van der Waals surface area (Å²) in [5.41, 5.74) is 1.24. The molecule has 0 aliphatic carbocycles. The Labute approximate surface area is 92.5 Å². The standard InChI is InChI=1S/C12H12BrN/c1-14(2)12-6-4-9-7-11(13)5-3-10(9)8-12/h3-8H,1-2H3. The second-order valence-corrected chi connectivity index (χ2v) is 4.49. The Morgan fingerprint density at radius 1 is 0.929 bits per heavy atom. The molecule has 0 aliphatic heterocycles. The summed E-state index contributed by atoms with van der Waals surface area (Å²) < 4.78 is 1.13. The fourth-order valence-electron chi connectivity index (χ4n) is 1.48. The van der Waals surface area contributed by atoms with E-state index >= 15 is 0 Å². The molecule has 0 atom stereocenters. The zero-order chi connectivity index (χ0) is 10.1. The molecule has 0 aromatic heterocycles. The quantitative estimate of drug-likeness (QED) is 0.746. The molecule has 0 radical (unpaired) electrons. The molecule has 0 aliphatic rings. The van der Waals surface area contributed by atoms with Crippen molar-refractivity contribution in [2.24, 2.45) is 0 Å². The molecule has 2 heteroatoms. The number of halogens is 1. The summed E-state index contributed by atoms with van der Waals surface area (Å²) in [5, 5.41) is 2.55. The molecule has 0 heterocycles. The zero-order valence-electron chi connectivity index (χ0n) is 8.29. The number of fused-ring (bicyclic) bond motifs is 1. The van der Waals surface area contributed by atoms with Gasteiger partial charge >= 0.3 is 0 Å². The van der Waals surface area contributed by atoms with E-state index in [-0.39, 0.29) is 0 Å². The van der Waals surface area contributed by atoms with Crippen molar-refractivity contribution in [2.45, 2.75) is 0 Å². The van der Waals surface area contributed by atoms with Crippen molar-refractivity contribution in [1.29, 1.82) is 0 Å². The van der Waals surface area contributed by atoms with Gasteiger partial charge in [-0.15, -0.1) is 0 Å². The van der Waals surface area contributed by atoms with Crippen LogP contribution in [0.5, 0.6) is 0 Å². The van der Waals surface area contributed by atoms with E-state index in [2.05, 4.69) is 71.3 Å². The highest BCUT2D eigenvalue weighted by atomic mass is 79.9. The Balaban J connectivity index is 2.62. The van der Waals surface area contributed by atoms with Gasteiger partial charge in [0.15, 0.2) is 0 Å². The van der Waals surface area contributed by atoms with E-state index in [1.165, 1.54) is 16.5 Å². The van der Waals surface area contributed by atoms with E-state index in [0.29, 0.717) is 0 Å². The first-order valence-corrected chi connectivity index (χ1v) is 5.33. The molecule has 2 aromatic carbocycles. The van der Waals surface area contributed by atoms with Crippen LogP contribution < -0.4 is 4.90 Å². The van der Waals surface area contributed by atoms with Crippen LogP contribution in [0.15, 0.2) is 40.9 Å². The lowest BCUT2D eigenvalue weighted by atomic mass is 10.1. The van der Waals surface area contributed by atoms with Gasteiger partial charge in [-0.25, -0.2) is 0 Å². The number of hydrogen-bond acceptors (Lipinski definition) is 1. The molecular formula is C12H12BrN. The van der Waals surface area contributed by atoms with Crippen LogP contribution in [0, 0.1) is 0 Å². The SMILES string of the molecule is CN(C)c1ccc2cc(Br)ccc2c1. The van der Waals surface area contributed by atoms with E-state index < -0.39 is 0 Å². The van der Waals surface area contributed by atoms with Crippen molar-refractivity contribution in [3.63, 3.8) is 0 Å². The van der Waals surface area contributed by atoms with Gasteiger partial charge in [-0.3, -0.25) is 0 Å². The maximum absolute atomic E-state index is 3.47. The van der Waals surface area contributed by atoms with Gasteiger partial charge in [0.05, 0.1) is 0 Å². The van der Waals surface area contributed by atoms with Crippen molar-refractivity contribution in [1.82, 2.24) is 0 Å². The molecule has 0 N–H and O–H groups in total. The van der Waals surface area contributed by atoms with Gasteiger partial charge in [0.2, 0.25) is 0 Å². The summed E-state index contributed by atoms with van der Waals surface area (Å²) >= 11 is 3.47. The Hall–Kier alpha value is -1.02. The van der Waals surface area contributed by atoms with Crippen molar-refractivity contribution >= 4 is 32.4 Å². The van der Waals surface area contributed by atoms with Crippen LogP contribution in [-0.4, -0.2) is 14.1 Å². The predicted octanol–water partition coefficient (Wildman–Crippen LogP) is 3.67. The molecule has 14 heavy (non-hydrogen) atoms. The van der Waals surface area contributed by atoms with Gasteiger partial charge in [0, 0.05) is 24.3 Å². The predicted molar refractivity (Wildman–Crippen MR) is 66.0 cm³/mol. The third-order valence-electron chi connectivity index (χ3n) is 2.30. The zero-order valence-corrected chi connectivity index (χ0v) is 9.88. The molecule has 0 spiro atoms. The minimum Gasteiger partial charge on any atom is -0.378 e. The first-order chi connectivity index (χ1) is 6.66. The van der Waals surface area contributed by atoms with Gasteiger partial charge < -0.3 is 4.90 Å². The van der Waals surface area contributed by atoms with Crippen molar-refractivity contribution < 1.29 is 0 Å². The van der Waals surface area contributed by atoms with Crippen LogP contribution in [0.4, 0.5) is 5.69 Å². The molecule has 0 unspecified atom stereocenters. The Kier molecular flexibility index (Phi) is 2.46. The molecular weight excluding hydrogens is 238 g/mol. The maximum atomic E-state index is 3.47. The average Bonchev–Trinajstić information content (AvgIpc) is 2.16. The van der Waals surface area contributed by atoms with Gasteiger partial charge in [0.25, 0.3) is 0 Å². The lowest BCUT2D eigenvalue weighted by Gasteiger charge is -2.12. The number of hydrogen-bond donors (Lipinski definition) is 0. The second kappa shape index (κ2) is 3.62. The summed E-state index contributed by atoms with van der Waals surface area (Å²) in [4.78, 5) is 2.11. The molecule has 72 valence electrons. The highest BCUT2D eigenvalue weighted by molar-refractivity contribution is 9.10. The average molecular weight is 250 g/mol. The highest BCUT2D eigenvalue weighted by Crippen LogP contribution is 2.23. The van der Waals surface area contributed by atoms with Crippen LogP contribution in [0.25, 0.3) is 10.8 Å². The lowest BCUT2D eigenvalue weighted by molar-refractivity contribution is 1.14. The lowest BCUT2D eigenvalue weighted by Crippen LogP contribution is -2.07. The Morgan fingerprint density at radius 2 is 1.57 bits per heavy atom. The van der Waals surface area contributed by atoms with Gasteiger partial charge in [-0.1, -0.05) is 28.1 Å². The molecule has 0 saturated heterocycles. The van der Waals surface area contributed by atoms with Crippen LogP contribution in [0.2, 0.25) is 0 Å². The summed E-state index contributed by atoms with van der Waals surface area (Å²) in [5.74, 6) is 0. The van der Waals surface area contributed by atoms with Crippen LogP contribution in [0.1, 0.15) is 0 Å². The number of nitrogens with zero attached hydrogens (tertiary/aromatic N) is 1. The van der Waals surface area contributed by atoms with E-state index in [4.69, 9.17) is 0 Å². The summed E-state index contributed by atoms with van der Waals surface area (Å²) in [6.45, 7) is 0. The fraction of sp³-hybridized carbons (Fsp3) is 0.167. The molecule has 2 rings (SSSR count). The first-order valence-electron chi connectivity index (χ1n) is 4.53. The topological polar surface area (TPSA) is 3.24 Å². The van der Waals surface area contributed by atoms with E-state index in [1.807, 2.05) is 0 Å². The molecule has 2 aromatic rings. The van der Waals surface area contributed by atoms with Crippen molar-refractivity contribution in [3.05, 3.63) is 40.9 Å². The van der Waals surface area contributed by atoms with Crippen molar-refractivity contribution in [2.75, 3.05) is 19.0 Å². The van der Waals surface area contributed by atoms with Crippen LogP contribution >= 0.6 is 15.9 Å². The summed E-state index contributed by atoms with van der Waals surface area (Å²) in [7, 11) is 4.11. The second-order valence-electron chi connectivity index (χ2n) is 3.57. The largest absolute Gasteiger partial charge is 0.378 e. The molecule has 0 bridgehead atoms. The Morgan fingerprint density at radius 3 is 2.29 bits per heavy atom. The maximum Gasteiger partial charge on any atom is 0.0367 e. The van der Waals surface area contributed by atoms with Gasteiger partial charge in [0.1, 0.15) is 0 Å². The normalized spacial score (nSPS) is 10.5. The molecule has 1 nitrogen and oxygen atoms in total. The third-order valence-corrected chi connectivity index (χ3v) is 2.80. The number of anilines is 1. The summed E-state index contributed by atoms with van der Waals surface area (Å²) in [6.07, 6.45) is 0. The van der Waals surface area contributed by atoms with Crippen LogP contribution in [-0.2, 0) is 0 Å². The highest BCUT2D eigenvalue weighted by Gasteiger charge is 1.98. The molecule has 0 fully saturated rings. The monoisotopic (exact) mass is 249 g/mol. The summed E-state index contributed by atoms with van der Waals surface area (Å²) in [6, 6.07) is 12.8. The fourth-order valence-corrected chi connectivity index (χ4v) is 1.86. The van der Waals surface area contributed by atoms with Crippen molar-refractivity contribution in [3.8, 4) is 0 Å². The van der Waals surface area contributed by atoms with E-state index in [0.717, 1.165) is 4.47 Å². The minimum atomic E-state index is 1.13. The number of rotatable bonds is 1.